The zero-order valence-electron chi connectivity index (χ0n) is 17.7. The third kappa shape index (κ3) is 3.83. The van der Waals surface area contributed by atoms with E-state index in [1.54, 1.807) is 30.4 Å². The zero-order chi connectivity index (χ0) is 22.2. The Bertz CT molecular complexity index is 1090. The molecule has 1 N–H and O–H groups in total. The summed E-state index contributed by atoms with van der Waals surface area (Å²) in [6, 6.07) is 2.92. The number of anilines is 1. The number of aromatic nitrogens is 1. The fourth-order valence-electron chi connectivity index (χ4n) is 3.71. The lowest BCUT2D eigenvalue weighted by atomic mass is 10.2. The summed E-state index contributed by atoms with van der Waals surface area (Å²) < 4.78 is 41.6. The second-order valence-corrected chi connectivity index (χ2v) is 9.25. The van der Waals surface area contributed by atoms with Crippen molar-refractivity contribution in [2.24, 2.45) is 7.05 Å². The predicted molar refractivity (Wildman–Crippen MR) is 115 cm³/mol. The summed E-state index contributed by atoms with van der Waals surface area (Å²) in [6.45, 7) is 4.68. The summed E-state index contributed by atoms with van der Waals surface area (Å²) in [5.74, 6) is 0.333. The summed E-state index contributed by atoms with van der Waals surface area (Å²) in [7, 11) is 0.500. The van der Waals surface area contributed by atoms with Crippen molar-refractivity contribution in [2.45, 2.75) is 31.6 Å². The highest BCUT2D eigenvalue weighted by atomic mass is 35.5. The van der Waals surface area contributed by atoms with Crippen LogP contribution in [0.15, 0.2) is 17.0 Å². The van der Waals surface area contributed by atoms with Crippen molar-refractivity contribution in [1.82, 2.24) is 9.47 Å². The molecule has 0 atom stereocenters. The van der Waals surface area contributed by atoms with Gasteiger partial charge in [0, 0.05) is 37.6 Å². The van der Waals surface area contributed by atoms with Gasteiger partial charge in [-0.05, 0) is 32.8 Å². The van der Waals surface area contributed by atoms with E-state index in [0.717, 1.165) is 12.8 Å². The fourth-order valence-corrected chi connectivity index (χ4v) is 5.53. The number of hydrogen-bond donors (Lipinski definition) is 1. The van der Waals surface area contributed by atoms with Crippen molar-refractivity contribution in [2.75, 3.05) is 32.0 Å². The van der Waals surface area contributed by atoms with Gasteiger partial charge in [0.2, 0.25) is 0 Å². The van der Waals surface area contributed by atoms with Crippen LogP contribution in [0.3, 0.4) is 0 Å². The average molecular weight is 456 g/mol. The Balaban J connectivity index is 2.10. The molecule has 3 rings (SSSR count). The van der Waals surface area contributed by atoms with Crippen LogP contribution in [0.25, 0.3) is 0 Å². The third-order valence-corrected chi connectivity index (χ3v) is 7.34. The second-order valence-electron chi connectivity index (χ2n) is 7.23. The lowest BCUT2D eigenvalue weighted by Gasteiger charge is -2.18. The van der Waals surface area contributed by atoms with Crippen molar-refractivity contribution in [3.05, 3.63) is 34.1 Å². The standard InChI is InChI=1S/C20H26ClN3O5S/c1-12-18(20(25)24-8-6-7-9-24)19(13(2)23(12)3)30(26,27)22-15-10-14(21)16(28-4)11-17(15)29-5/h10-11,22H,6-9H2,1-5H3. The number of methoxy groups -OCH3 is 2. The first-order valence-electron chi connectivity index (χ1n) is 9.51. The van der Waals surface area contributed by atoms with Gasteiger partial charge in [-0.25, -0.2) is 8.42 Å². The molecular formula is C20H26ClN3O5S. The van der Waals surface area contributed by atoms with E-state index in [4.69, 9.17) is 21.1 Å². The van der Waals surface area contributed by atoms with Gasteiger partial charge in [0.05, 0.1) is 30.5 Å². The lowest BCUT2D eigenvalue weighted by Crippen LogP contribution is -2.30. The van der Waals surface area contributed by atoms with Crippen molar-refractivity contribution < 1.29 is 22.7 Å². The van der Waals surface area contributed by atoms with Crippen LogP contribution in [0, 0.1) is 13.8 Å². The lowest BCUT2D eigenvalue weighted by molar-refractivity contribution is 0.0788. The maximum atomic E-state index is 13.4. The molecule has 164 valence electrons. The van der Waals surface area contributed by atoms with Gasteiger partial charge in [0.1, 0.15) is 16.4 Å². The number of ether oxygens (including phenoxy) is 2. The molecule has 0 spiro atoms. The topological polar surface area (TPSA) is 89.9 Å². The Labute approximate surface area is 181 Å². The van der Waals surface area contributed by atoms with Gasteiger partial charge in [-0.15, -0.1) is 0 Å². The Hall–Kier alpha value is -2.39. The van der Waals surface area contributed by atoms with Gasteiger partial charge in [0.15, 0.2) is 0 Å². The quantitative estimate of drug-likeness (QED) is 0.721. The van der Waals surface area contributed by atoms with Crippen molar-refractivity contribution in [1.29, 1.82) is 0 Å². The average Bonchev–Trinajstić information content (AvgIpc) is 3.31. The number of sulfonamides is 1. The minimum Gasteiger partial charge on any atom is -0.495 e. The molecule has 2 aromatic rings. The molecule has 1 fully saturated rings. The zero-order valence-corrected chi connectivity index (χ0v) is 19.3. The second kappa shape index (κ2) is 8.39. The maximum Gasteiger partial charge on any atom is 0.264 e. The van der Waals surface area contributed by atoms with Crippen molar-refractivity contribution in [3.8, 4) is 11.5 Å². The van der Waals surface area contributed by atoms with E-state index in [9.17, 15) is 13.2 Å². The number of likely N-dealkylation sites (tertiary alicyclic amines) is 1. The number of carbonyl (C=O) groups excluding carboxylic acids is 1. The number of benzene rings is 1. The largest absolute Gasteiger partial charge is 0.495 e. The van der Waals surface area contributed by atoms with E-state index in [0.29, 0.717) is 30.2 Å². The summed E-state index contributed by atoms with van der Waals surface area (Å²) in [5, 5.41) is 0.227. The summed E-state index contributed by atoms with van der Waals surface area (Å²) in [5.41, 5.74) is 1.43. The highest BCUT2D eigenvalue weighted by molar-refractivity contribution is 7.92. The van der Waals surface area contributed by atoms with E-state index in [2.05, 4.69) is 4.72 Å². The van der Waals surface area contributed by atoms with Gasteiger partial charge in [-0.2, -0.15) is 0 Å². The molecule has 10 heteroatoms. The van der Waals surface area contributed by atoms with Crippen LogP contribution in [0.5, 0.6) is 11.5 Å². The molecule has 1 amide bonds. The van der Waals surface area contributed by atoms with Gasteiger partial charge in [-0.1, -0.05) is 11.6 Å². The molecule has 0 saturated carbocycles. The fraction of sp³-hybridized carbons (Fsp3) is 0.450. The molecule has 0 bridgehead atoms. The van der Waals surface area contributed by atoms with Crippen LogP contribution in [0.2, 0.25) is 5.02 Å². The van der Waals surface area contributed by atoms with Gasteiger partial charge < -0.3 is 18.9 Å². The number of nitrogens with one attached hydrogen (secondary N) is 1. The maximum absolute atomic E-state index is 13.4. The molecule has 0 radical (unpaired) electrons. The molecule has 0 aliphatic carbocycles. The molecule has 30 heavy (non-hydrogen) atoms. The first-order valence-corrected chi connectivity index (χ1v) is 11.4. The Kier molecular flexibility index (Phi) is 6.24. The molecule has 2 heterocycles. The minimum atomic E-state index is -4.12. The van der Waals surface area contributed by atoms with Gasteiger partial charge >= 0.3 is 0 Å². The summed E-state index contributed by atoms with van der Waals surface area (Å²) >= 11 is 6.18. The van der Waals surface area contributed by atoms with Crippen LogP contribution < -0.4 is 14.2 Å². The molecule has 1 saturated heterocycles. The Morgan fingerprint density at radius 3 is 2.23 bits per heavy atom. The van der Waals surface area contributed by atoms with Crippen LogP contribution in [0.4, 0.5) is 5.69 Å². The first-order chi connectivity index (χ1) is 14.1. The number of amides is 1. The molecule has 1 aliphatic rings. The predicted octanol–water partition coefficient (Wildman–Crippen LogP) is 3.35. The first kappa shape index (κ1) is 22.3. The Morgan fingerprint density at radius 1 is 1.07 bits per heavy atom. The van der Waals surface area contributed by atoms with Gasteiger partial charge in [-0.3, -0.25) is 9.52 Å². The number of carbonyl (C=O) groups is 1. The molecule has 8 nitrogen and oxygen atoms in total. The smallest absolute Gasteiger partial charge is 0.264 e. The minimum absolute atomic E-state index is 0.0339. The van der Waals surface area contributed by atoms with Crippen LogP contribution in [-0.4, -0.2) is 51.1 Å². The molecule has 1 aromatic carbocycles. The van der Waals surface area contributed by atoms with Crippen LogP contribution in [0.1, 0.15) is 34.6 Å². The normalized spacial score (nSPS) is 14.1. The van der Waals surface area contributed by atoms with Crippen LogP contribution in [-0.2, 0) is 17.1 Å². The number of rotatable bonds is 6. The van der Waals surface area contributed by atoms with E-state index < -0.39 is 10.0 Å². The van der Waals surface area contributed by atoms with Crippen molar-refractivity contribution in [3.63, 3.8) is 0 Å². The SMILES string of the molecule is COc1cc(OC)c(NS(=O)(=O)c2c(C(=O)N3CCCC3)c(C)n(C)c2C)cc1Cl. The Morgan fingerprint density at radius 2 is 1.67 bits per heavy atom. The van der Waals surface area contributed by atoms with E-state index in [-0.39, 0.29) is 32.8 Å². The molecule has 0 unspecified atom stereocenters. The molecule has 1 aliphatic heterocycles. The van der Waals surface area contributed by atoms with Crippen LogP contribution >= 0.6 is 11.6 Å². The molecule has 1 aromatic heterocycles. The summed E-state index contributed by atoms with van der Waals surface area (Å²) in [6.07, 6.45) is 1.83. The van der Waals surface area contributed by atoms with E-state index >= 15 is 0 Å². The van der Waals surface area contributed by atoms with E-state index in [1.165, 1.54) is 26.4 Å². The third-order valence-electron chi connectivity index (χ3n) is 5.52. The monoisotopic (exact) mass is 455 g/mol. The van der Waals surface area contributed by atoms with Crippen molar-refractivity contribution >= 4 is 33.2 Å². The number of nitrogens with zero attached hydrogens (tertiary/aromatic N) is 2. The molecular weight excluding hydrogens is 430 g/mol. The highest BCUT2D eigenvalue weighted by Crippen LogP contribution is 2.38. The van der Waals surface area contributed by atoms with Gasteiger partial charge in [0.25, 0.3) is 15.9 Å². The summed E-state index contributed by atoms with van der Waals surface area (Å²) in [4.78, 5) is 14.8. The highest BCUT2D eigenvalue weighted by Gasteiger charge is 2.34. The number of hydrogen-bond acceptors (Lipinski definition) is 5. The van der Waals surface area contributed by atoms with E-state index in [1.807, 2.05) is 0 Å². The number of halogens is 1.